The molecule has 0 fully saturated rings. The van der Waals surface area contributed by atoms with Crippen molar-refractivity contribution in [3.63, 3.8) is 0 Å². The van der Waals surface area contributed by atoms with E-state index in [1.54, 1.807) is 13.3 Å². The van der Waals surface area contributed by atoms with Crippen molar-refractivity contribution < 1.29 is 4.42 Å². The Morgan fingerprint density at radius 2 is 2.00 bits per heavy atom. The van der Waals surface area contributed by atoms with Gasteiger partial charge in [0.25, 0.3) is 0 Å². The molecule has 2 heterocycles. The lowest BCUT2D eigenvalue weighted by Crippen LogP contribution is -2.38. The van der Waals surface area contributed by atoms with Crippen molar-refractivity contribution >= 4 is 29.9 Å². The van der Waals surface area contributed by atoms with Crippen molar-refractivity contribution in [1.29, 1.82) is 0 Å². The third kappa shape index (κ3) is 5.63. The summed E-state index contributed by atoms with van der Waals surface area (Å²) >= 11 is 0. The van der Waals surface area contributed by atoms with Gasteiger partial charge in [0.1, 0.15) is 11.6 Å². The van der Waals surface area contributed by atoms with Crippen LogP contribution in [-0.2, 0) is 13.0 Å². The number of H-pyrrole nitrogens is 1. The molecule has 0 radical (unpaired) electrons. The third-order valence-corrected chi connectivity index (χ3v) is 3.60. The van der Waals surface area contributed by atoms with Crippen molar-refractivity contribution in [2.45, 2.75) is 13.0 Å². The van der Waals surface area contributed by atoms with Crippen LogP contribution in [0.15, 0.2) is 64.3 Å². The van der Waals surface area contributed by atoms with Crippen LogP contribution in [-0.4, -0.2) is 29.5 Å². The predicted molar refractivity (Wildman–Crippen MR) is 110 cm³/mol. The molecule has 132 valence electrons. The Labute approximate surface area is 164 Å². The zero-order valence-electron chi connectivity index (χ0n) is 14.0. The summed E-state index contributed by atoms with van der Waals surface area (Å²) in [7, 11) is 1.75. The topological polar surface area (TPSA) is 78.2 Å². The van der Waals surface area contributed by atoms with E-state index in [0.717, 1.165) is 41.8 Å². The van der Waals surface area contributed by atoms with Crippen molar-refractivity contribution in [3.05, 3.63) is 66.5 Å². The van der Waals surface area contributed by atoms with Gasteiger partial charge in [-0.15, -0.1) is 24.0 Å². The van der Waals surface area contributed by atoms with Gasteiger partial charge in [0.15, 0.2) is 5.96 Å². The molecule has 3 aromatic rings. The fraction of sp³-hybridized carbons (Fsp3) is 0.222. The molecule has 25 heavy (non-hydrogen) atoms. The van der Waals surface area contributed by atoms with Gasteiger partial charge < -0.3 is 20.0 Å². The zero-order chi connectivity index (χ0) is 16.6. The van der Waals surface area contributed by atoms with Gasteiger partial charge in [-0.25, -0.2) is 4.98 Å². The smallest absolute Gasteiger partial charge is 0.191 e. The van der Waals surface area contributed by atoms with Crippen molar-refractivity contribution in [2.24, 2.45) is 4.99 Å². The first kappa shape index (κ1) is 19.0. The van der Waals surface area contributed by atoms with Gasteiger partial charge in [0, 0.05) is 20.0 Å². The number of aliphatic imine (C=N–C) groups is 1. The van der Waals surface area contributed by atoms with Crippen LogP contribution in [0.2, 0.25) is 0 Å². The number of halogens is 1. The molecule has 6 nitrogen and oxygen atoms in total. The van der Waals surface area contributed by atoms with Crippen LogP contribution in [0.5, 0.6) is 0 Å². The average molecular weight is 451 g/mol. The molecule has 0 aliphatic carbocycles. The lowest BCUT2D eigenvalue weighted by atomic mass is 10.2. The molecule has 7 heteroatoms. The minimum atomic E-state index is 0. The number of imidazole rings is 1. The Balaban J connectivity index is 0.00000225. The lowest BCUT2D eigenvalue weighted by molar-refractivity contribution is 0.506. The monoisotopic (exact) mass is 451 g/mol. The average Bonchev–Trinajstić information content (AvgIpc) is 3.30. The first-order chi connectivity index (χ1) is 11.8. The van der Waals surface area contributed by atoms with Crippen LogP contribution < -0.4 is 10.6 Å². The molecular weight excluding hydrogens is 429 g/mol. The second-order valence-electron chi connectivity index (χ2n) is 5.29. The highest BCUT2D eigenvalue weighted by Crippen LogP contribution is 2.15. The molecule has 3 N–H and O–H groups in total. The molecule has 1 aromatic carbocycles. The maximum absolute atomic E-state index is 5.31. The predicted octanol–water partition coefficient (Wildman–Crippen LogP) is 3.20. The SMILES string of the molecule is CN=C(NCCc1ccco1)NCc1ncc(-c2ccccc2)[nH]1.I. The van der Waals surface area contributed by atoms with Crippen molar-refractivity contribution in [2.75, 3.05) is 13.6 Å². The van der Waals surface area contributed by atoms with E-state index in [4.69, 9.17) is 4.42 Å². The van der Waals surface area contributed by atoms with Crippen LogP contribution in [0.25, 0.3) is 11.3 Å². The molecule has 0 bridgehead atoms. The minimum Gasteiger partial charge on any atom is -0.469 e. The van der Waals surface area contributed by atoms with E-state index in [9.17, 15) is 0 Å². The molecule has 0 saturated carbocycles. The molecule has 0 amide bonds. The highest BCUT2D eigenvalue weighted by molar-refractivity contribution is 14.0. The minimum absolute atomic E-state index is 0. The molecule has 0 spiro atoms. The molecule has 0 saturated heterocycles. The Bertz CT molecular complexity index is 768. The molecule has 0 aliphatic heterocycles. The summed E-state index contributed by atoms with van der Waals surface area (Å²) in [6.45, 7) is 1.33. The first-order valence-corrected chi connectivity index (χ1v) is 7.91. The summed E-state index contributed by atoms with van der Waals surface area (Å²) in [5, 5.41) is 6.50. The van der Waals surface area contributed by atoms with Gasteiger partial charge in [0.05, 0.1) is 24.7 Å². The number of aromatic amines is 1. The molecular formula is C18H22IN5O. The molecule has 2 aromatic heterocycles. The third-order valence-electron chi connectivity index (χ3n) is 3.60. The number of nitrogens with zero attached hydrogens (tertiary/aromatic N) is 2. The Morgan fingerprint density at radius 3 is 2.72 bits per heavy atom. The van der Waals surface area contributed by atoms with Gasteiger partial charge >= 0.3 is 0 Å². The molecule has 3 rings (SSSR count). The second kappa shape index (κ2) is 9.87. The Hall–Kier alpha value is -2.29. The maximum atomic E-state index is 5.31. The van der Waals surface area contributed by atoms with Crippen LogP contribution in [0.4, 0.5) is 0 Å². The van der Waals surface area contributed by atoms with E-state index < -0.39 is 0 Å². The lowest BCUT2D eigenvalue weighted by Gasteiger charge is -2.10. The van der Waals surface area contributed by atoms with Gasteiger partial charge in [-0.05, 0) is 17.7 Å². The van der Waals surface area contributed by atoms with Crippen molar-refractivity contribution in [1.82, 2.24) is 20.6 Å². The highest BCUT2D eigenvalue weighted by atomic mass is 127. The number of hydrogen-bond donors (Lipinski definition) is 3. The summed E-state index contributed by atoms with van der Waals surface area (Å²) < 4.78 is 5.31. The fourth-order valence-electron chi connectivity index (χ4n) is 2.36. The van der Waals surface area contributed by atoms with Gasteiger partial charge in [-0.3, -0.25) is 4.99 Å². The number of hydrogen-bond acceptors (Lipinski definition) is 3. The van der Waals surface area contributed by atoms with Crippen molar-refractivity contribution in [3.8, 4) is 11.3 Å². The number of benzene rings is 1. The summed E-state index contributed by atoms with van der Waals surface area (Å²) in [4.78, 5) is 11.9. The fourth-order valence-corrected chi connectivity index (χ4v) is 2.36. The van der Waals surface area contributed by atoms with E-state index in [1.165, 1.54) is 0 Å². The summed E-state index contributed by atoms with van der Waals surface area (Å²) in [6.07, 6.45) is 4.34. The zero-order valence-corrected chi connectivity index (χ0v) is 16.4. The Kier molecular flexibility index (Phi) is 7.52. The van der Waals surface area contributed by atoms with Crippen LogP contribution in [0, 0.1) is 0 Å². The van der Waals surface area contributed by atoms with E-state index in [1.807, 2.05) is 36.5 Å². The van der Waals surface area contributed by atoms with E-state index in [-0.39, 0.29) is 24.0 Å². The van der Waals surface area contributed by atoms with Crippen LogP contribution >= 0.6 is 24.0 Å². The highest BCUT2D eigenvalue weighted by Gasteiger charge is 2.04. The number of guanidine groups is 1. The Morgan fingerprint density at radius 1 is 1.16 bits per heavy atom. The van der Waals surface area contributed by atoms with Gasteiger partial charge in [0.2, 0.25) is 0 Å². The quantitative estimate of drug-likeness (QED) is 0.306. The largest absolute Gasteiger partial charge is 0.469 e. The van der Waals surface area contributed by atoms with E-state index in [2.05, 4.69) is 37.7 Å². The number of nitrogens with one attached hydrogen (secondary N) is 3. The van der Waals surface area contributed by atoms with E-state index >= 15 is 0 Å². The molecule has 0 atom stereocenters. The maximum Gasteiger partial charge on any atom is 0.191 e. The normalized spacial score (nSPS) is 11.0. The molecule has 0 aliphatic rings. The van der Waals surface area contributed by atoms with Gasteiger partial charge in [-0.1, -0.05) is 30.3 Å². The molecule has 0 unspecified atom stereocenters. The standard InChI is InChI=1S/C18H21N5O.HI/c1-19-18(20-10-9-15-8-5-11-24-15)22-13-17-21-12-16(23-17)14-6-3-2-4-7-14;/h2-8,11-12H,9-10,13H2,1H3,(H,21,23)(H2,19,20,22);1H. The number of furan rings is 1. The summed E-state index contributed by atoms with van der Waals surface area (Å²) in [6, 6.07) is 14.0. The first-order valence-electron chi connectivity index (χ1n) is 7.91. The number of rotatable bonds is 6. The second-order valence-corrected chi connectivity index (χ2v) is 5.29. The summed E-state index contributed by atoms with van der Waals surface area (Å²) in [5.41, 5.74) is 2.13. The van der Waals surface area contributed by atoms with Crippen LogP contribution in [0.1, 0.15) is 11.6 Å². The van der Waals surface area contributed by atoms with E-state index in [0.29, 0.717) is 6.54 Å². The van der Waals surface area contributed by atoms with Crippen LogP contribution in [0.3, 0.4) is 0 Å². The van der Waals surface area contributed by atoms with Gasteiger partial charge in [-0.2, -0.15) is 0 Å². The summed E-state index contributed by atoms with van der Waals surface area (Å²) in [5.74, 6) is 2.55. The number of aromatic nitrogens is 2.